The molecule has 5 N–H and O–H groups in total. The van der Waals surface area contributed by atoms with Gasteiger partial charge in [-0.25, -0.2) is 0 Å². The maximum Gasteiger partial charge on any atom is 0.248 e. The van der Waals surface area contributed by atoms with Crippen molar-refractivity contribution in [2.24, 2.45) is 11.5 Å². The Balaban J connectivity index is 1.90. The quantitative estimate of drug-likeness (QED) is 0.730. The number of carbonyl (C=O) groups is 2. The van der Waals surface area contributed by atoms with E-state index >= 15 is 0 Å². The molecule has 7 heteroatoms. The average Bonchev–Trinajstić information content (AvgIpc) is 2.61. The lowest BCUT2D eigenvalue weighted by molar-refractivity contribution is -0.129. The summed E-state index contributed by atoms with van der Waals surface area (Å²) in [6.07, 6.45) is 0. The summed E-state index contributed by atoms with van der Waals surface area (Å²) in [5.74, 6) is -0.774. The minimum Gasteiger partial charge on any atom is -0.508 e. The zero-order valence-corrected chi connectivity index (χ0v) is 15.1. The van der Waals surface area contributed by atoms with Crippen molar-refractivity contribution in [2.45, 2.75) is 19.5 Å². The summed E-state index contributed by atoms with van der Waals surface area (Å²) < 4.78 is 5.34. The molecule has 0 spiro atoms. The van der Waals surface area contributed by atoms with Gasteiger partial charge in [0.15, 0.2) is 0 Å². The number of rotatable bonds is 5. The van der Waals surface area contributed by atoms with Gasteiger partial charge in [0.05, 0.1) is 13.2 Å². The Morgan fingerprint density at radius 3 is 2.67 bits per heavy atom. The van der Waals surface area contributed by atoms with Crippen molar-refractivity contribution in [3.8, 4) is 16.9 Å². The normalized spacial score (nSPS) is 17.6. The molecule has 0 aromatic heterocycles. The SMILES string of the molecule is Cc1cc(C(N)=O)ccc1-c1cc(O)cc(CN2CCOC[C@H]2C(N)=O)c1. The van der Waals surface area contributed by atoms with Gasteiger partial charge in [0.2, 0.25) is 11.8 Å². The molecule has 142 valence electrons. The van der Waals surface area contributed by atoms with E-state index in [4.69, 9.17) is 16.2 Å². The Labute approximate surface area is 157 Å². The van der Waals surface area contributed by atoms with Crippen molar-refractivity contribution in [3.05, 3.63) is 53.1 Å². The van der Waals surface area contributed by atoms with Gasteiger partial charge < -0.3 is 21.3 Å². The first-order chi connectivity index (χ1) is 12.8. The Morgan fingerprint density at radius 1 is 1.22 bits per heavy atom. The molecule has 1 fully saturated rings. The molecule has 3 rings (SSSR count). The molecule has 0 radical (unpaired) electrons. The van der Waals surface area contributed by atoms with Crippen LogP contribution in [0.3, 0.4) is 0 Å². The largest absolute Gasteiger partial charge is 0.508 e. The third-order valence-electron chi connectivity index (χ3n) is 4.75. The molecule has 2 aromatic rings. The van der Waals surface area contributed by atoms with E-state index in [2.05, 4.69) is 0 Å². The minimum absolute atomic E-state index is 0.129. The van der Waals surface area contributed by atoms with Crippen LogP contribution in [0.15, 0.2) is 36.4 Å². The van der Waals surface area contributed by atoms with Gasteiger partial charge in [-0.1, -0.05) is 6.07 Å². The minimum atomic E-state index is -0.485. The van der Waals surface area contributed by atoms with Crippen molar-refractivity contribution in [3.63, 3.8) is 0 Å². The zero-order chi connectivity index (χ0) is 19.6. The Kier molecular flexibility index (Phi) is 5.43. The number of aromatic hydroxyl groups is 1. The van der Waals surface area contributed by atoms with E-state index in [1.807, 2.05) is 24.0 Å². The fourth-order valence-corrected chi connectivity index (χ4v) is 3.39. The predicted molar refractivity (Wildman–Crippen MR) is 101 cm³/mol. The van der Waals surface area contributed by atoms with Crippen LogP contribution in [0.4, 0.5) is 0 Å². The van der Waals surface area contributed by atoms with Crippen LogP contribution in [0.5, 0.6) is 5.75 Å². The number of ether oxygens (including phenoxy) is 1. The van der Waals surface area contributed by atoms with Crippen LogP contribution in [-0.4, -0.2) is 47.6 Å². The lowest BCUT2D eigenvalue weighted by Crippen LogP contribution is -2.51. The van der Waals surface area contributed by atoms with E-state index < -0.39 is 17.9 Å². The molecule has 1 heterocycles. The summed E-state index contributed by atoms with van der Waals surface area (Å²) in [5, 5.41) is 10.2. The van der Waals surface area contributed by atoms with Crippen molar-refractivity contribution in [1.29, 1.82) is 0 Å². The number of morpholine rings is 1. The number of amides is 2. The van der Waals surface area contributed by atoms with Crippen LogP contribution >= 0.6 is 0 Å². The van der Waals surface area contributed by atoms with Gasteiger partial charge in [0, 0.05) is 18.7 Å². The van der Waals surface area contributed by atoms with Crippen LogP contribution in [0.1, 0.15) is 21.5 Å². The van der Waals surface area contributed by atoms with Gasteiger partial charge in [-0.3, -0.25) is 14.5 Å². The van der Waals surface area contributed by atoms with E-state index in [1.165, 1.54) is 0 Å². The van der Waals surface area contributed by atoms with E-state index in [0.29, 0.717) is 25.3 Å². The lowest BCUT2D eigenvalue weighted by atomic mass is 9.96. The number of nitrogens with two attached hydrogens (primary N) is 2. The molecular formula is C20H23N3O4. The Bertz CT molecular complexity index is 882. The highest BCUT2D eigenvalue weighted by Gasteiger charge is 2.27. The van der Waals surface area contributed by atoms with Gasteiger partial charge >= 0.3 is 0 Å². The molecule has 27 heavy (non-hydrogen) atoms. The molecule has 1 atom stereocenters. The van der Waals surface area contributed by atoms with E-state index in [0.717, 1.165) is 22.3 Å². The summed E-state index contributed by atoms with van der Waals surface area (Å²) >= 11 is 0. The molecule has 7 nitrogen and oxygen atoms in total. The molecular weight excluding hydrogens is 346 g/mol. The fraction of sp³-hybridized carbons (Fsp3) is 0.300. The fourth-order valence-electron chi connectivity index (χ4n) is 3.39. The second kappa shape index (κ2) is 7.77. The van der Waals surface area contributed by atoms with Gasteiger partial charge in [0.25, 0.3) is 0 Å². The number of phenols is 1. The van der Waals surface area contributed by atoms with Gasteiger partial charge in [-0.15, -0.1) is 0 Å². The third-order valence-corrected chi connectivity index (χ3v) is 4.75. The van der Waals surface area contributed by atoms with Gasteiger partial charge in [0.1, 0.15) is 11.8 Å². The highest BCUT2D eigenvalue weighted by atomic mass is 16.5. The van der Waals surface area contributed by atoms with E-state index in [-0.39, 0.29) is 12.4 Å². The first-order valence-electron chi connectivity index (χ1n) is 8.70. The summed E-state index contributed by atoms with van der Waals surface area (Å²) in [5.41, 5.74) is 14.7. The second-order valence-corrected chi connectivity index (χ2v) is 6.75. The molecule has 2 amide bonds. The van der Waals surface area contributed by atoms with Gasteiger partial charge in [-0.05, 0) is 59.5 Å². The van der Waals surface area contributed by atoms with Crippen LogP contribution in [-0.2, 0) is 16.1 Å². The predicted octanol–water partition coefficient (Wildman–Crippen LogP) is 1.15. The number of phenolic OH excluding ortho intramolecular Hbond substituents is 1. The Morgan fingerprint density at radius 2 is 2.00 bits per heavy atom. The first-order valence-corrected chi connectivity index (χ1v) is 8.70. The standard InChI is InChI=1S/C20H23N3O4/c1-12-6-14(19(21)25)2-3-17(12)15-7-13(8-16(24)9-15)10-23-4-5-27-11-18(23)20(22)26/h2-3,6-9,18,24H,4-5,10-11H2,1H3,(H2,21,25)(H2,22,26)/t18-/m0/s1. The molecule has 0 saturated carbocycles. The first kappa shape index (κ1) is 18.9. The second-order valence-electron chi connectivity index (χ2n) is 6.75. The monoisotopic (exact) mass is 369 g/mol. The number of benzene rings is 2. The Hall–Kier alpha value is -2.90. The van der Waals surface area contributed by atoms with Crippen LogP contribution in [0, 0.1) is 6.92 Å². The summed E-state index contributed by atoms with van der Waals surface area (Å²) in [7, 11) is 0. The number of hydrogen-bond acceptors (Lipinski definition) is 5. The molecule has 1 aliphatic heterocycles. The number of aryl methyl sites for hydroxylation is 1. The maximum absolute atomic E-state index is 11.7. The zero-order valence-electron chi connectivity index (χ0n) is 15.1. The topological polar surface area (TPSA) is 119 Å². The van der Waals surface area contributed by atoms with E-state index in [9.17, 15) is 14.7 Å². The summed E-state index contributed by atoms with van der Waals surface area (Å²) in [6, 6.07) is 10.0. The molecule has 0 aliphatic carbocycles. The van der Waals surface area contributed by atoms with Crippen molar-refractivity contribution >= 4 is 11.8 Å². The lowest BCUT2D eigenvalue weighted by Gasteiger charge is -2.33. The average molecular weight is 369 g/mol. The number of nitrogens with zero attached hydrogens (tertiary/aromatic N) is 1. The van der Waals surface area contributed by atoms with Crippen LogP contribution < -0.4 is 11.5 Å². The smallest absolute Gasteiger partial charge is 0.248 e. The van der Waals surface area contributed by atoms with Crippen molar-refractivity contribution in [2.75, 3.05) is 19.8 Å². The summed E-state index contributed by atoms with van der Waals surface area (Å²) in [4.78, 5) is 25.0. The number of hydrogen-bond donors (Lipinski definition) is 3. The highest BCUT2D eigenvalue weighted by Crippen LogP contribution is 2.29. The van der Waals surface area contributed by atoms with Crippen molar-refractivity contribution < 1.29 is 19.4 Å². The van der Waals surface area contributed by atoms with Crippen LogP contribution in [0.25, 0.3) is 11.1 Å². The van der Waals surface area contributed by atoms with Crippen molar-refractivity contribution in [1.82, 2.24) is 4.90 Å². The molecule has 1 aliphatic rings. The third kappa shape index (κ3) is 4.27. The highest BCUT2D eigenvalue weighted by molar-refractivity contribution is 5.93. The summed E-state index contributed by atoms with van der Waals surface area (Å²) in [6.45, 7) is 3.75. The molecule has 2 aromatic carbocycles. The molecule has 0 bridgehead atoms. The molecule has 1 saturated heterocycles. The van der Waals surface area contributed by atoms with E-state index in [1.54, 1.807) is 24.3 Å². The molecule has 0 unspecified atom stereocenters. The number of carbonyl (C=O) groups excluding carboxylic acids is 2. The number of primary amides is 2. The maximum atomic E-state index is 11.7. The van der Waals surface area contributed by atoms with Gasteiger partial charge in [-0.2, -0.15) is 0 Å². The van der Waals surface area contributed by atoms with Crippen LogP contribution in [0.2, 0.25) is 0 Å².